The molecule has 0 aliphatic rings. The third-order valence-electron chi connectivity index (χ3n) is 2.28. The standard InChI is InChI=1S/C12H18N2O2/c1-4-6-7-10(5-2)11(15)14-12-13-9(3)8-16-12/h5,8H,4,6-7H2,1-3H3,(H,13,14,15). The van der Waals surface area contributed by atoms with Gasteiger partial charge in [0.25, 0.3) is 5.91 Å². The number of hydrogen-bond acceptors (Lipinski definition) is 3. The number of hydrogen-bond donors (Lipinski definition) is 1. The number of carbonyl (C=O) groups is 1. The van der Waals surface area contributed by atoms with Crippen LogP contribution in [0.3, 0.4) is 0 Å². The summed E-state index contributed by atoms with van der Waals surface area (Å²) in [5.41, 5.74) is 1.53. The number of oxazole rings is 1. The number of nitrogens with zero attached hydrogens (tertiary/aromatic N) is 1. The van der Waals surface area contributed by atoms with Gasteiger partial charge in [-0.15, -0.1) is 0 Å². The molecule has 0 spiro atoms. The second-order valence-electron chi connectivity index (χ2n) is 3.67. The van der Waals surface area contributed by atoms with Gasteiger partial charge in [-0.25, -0.2) is 0 Å². The highest BCUT2D eigenvalue weighted by Crippen LogP contribution is 2.12. The lowest BCUT2D eigenvalue weighted by molar-refractivity contribution is -0.113. The summed E-state index contributed by atoms with van der Waals surface area (Å²) < 4.78 is 5.06. The molecule has 1 aromatic heterocycles. The van der Waals surface area contributed by atoms with E-state index in [4.69, 9.17) is 4.42 Å². The van der Waals surface area contributed by atoms with Gasteiger partial charge < -0.3 is 4.42 Å². The molecule has 0 saturated carbocycles. The van der Waals surface area contributed by atoms with Crippen molar-refractivity contribution in [2.45, 2.75) is 40.0 Å². The van der Waals surface area contributed by atoms with E-state index in [1.165, 1.54) is 6.26 Å². The van der Waals surface area contributed by atoms with E-state index in [-0.39, 0.29) is 11.9 Å². The number of allylic oxidation sites excluding steroid dienone is 1. The van der Waals surface area contributed by atoms with Crippen molar-refractivity contribution in [3.8, 4) is 0 Å². The Balaban J connectivity index is 2.56. The van der Waals surface area contributed by atoms with Crippen LogP contribution in [0.4, 0.5) is 6.01 Å². The minimum atomic E-state index is -0.127. The summed E-state index contributed by atoms with van der Waals surface area (Å²) in [4.78, 5) is 15.8. The minimum absolute atomic E-state index is 0.127. The molecule has 4 nitrogen and oxygen atoms in total. The van der Waals surface area contributed by atoms with Crippen molar-refractivity contribution >= 4 is 11.9 Å². The molecule has 0 aliphatic heterocycles. The van der Waals surface area contributed by atoms with Crippen molar-refractivity contribution in [2.75, 3.05) is 5.32 Å². The molecule has 0 fully saturated rings. The Morgan fingerprint density at radius 3 is 2.88 bits per heavy atom. The number of carbonyl (C=O) groups excluding carboxylic acids is 1. The summed E-state index contributed by atoms with van der Waals surface area (Å²) in [7, 11) is 0. The highest BCUT2D eigenvalue weighted by atomic mass is 16.4. The van der Waals surface area contributed by atoms with Crippen molar-refractivity contribution in [1.82, 2.24) is 4.98 Å². The van der Waals surface area contributed by atoms with Crippen LogP contribution in [0.25, 0.3) is 0 Å². The van der Waals surface area contributed by atoms with E-state index < -0.39 is 0 Å². The van der Waals surface area contributed by atoms with Crippen LogP contribution in [0.15, 0.2) is 22.3 Å². The van der Waals surface area contributed by atoms with Crippen LogP contribution >= 0.6 is 0 Å². The predicted octanol–water partition coefficient (Wildman–Crippen LogP) is 3.06. The van der Waals surface area contributed by atoms with Crippen molar-refractivity contribution < 1.29 is 9.21 Å². The van der Waals surface area contributed by atoms with Gasteiger partial charge in [-0.2, -0.15) is 4.98 Å². The summed E-state index contributed by atoms with van der Waals surface area (Å²) in [6.07, 6.45) is 6.22. The first-order chi connectivity index (χ1) is 7.67. The summed E-state index contributed by atoms with van der Waals surface area (Å²) in [6.45, 7) is 5.78. The third kappa shape index (κ3) is 3.53. The zero-order chi connectivity index (χ0) is 12.0. The first kappa shape index (κ1) is 12.5. The van der Waals surface area contributed by atoms with Crippen molar-refractivity contribution in [2.24, 2.45) is 0 Å². The Kier molecular flexibility index (Phi) is 4.76. The quantitative estimate of drug-likeness (QED) is 0.779. The topological polar surface area (TPSA) is 55.1 Å². The molecule has 0 aliphatic carbocycles. The van der Waals surface area contributed by atoms with Crippen LogP contribution in [-0.4, -0.2) is 10.9 Å². The van der Waals surface area contributed by atoms with Crippen LogP contribution in [0.5, 0.6) is 0 Å². The van der Waals surface area contributed by atoms with Gasteiger partial charge >= 0.3 is 6.01 Å². The van der Waals surface area contributed by atoms with Gasteiger partial charge in [-0.3, -0.25) is 10.1 Å². The lowest BCUT2D eigenvalue weighted by atomic mass is 10.1. The molecule has 1 rings (SSSR count). The normalized spacial score (nSPS) is 11.6. The van der Waals surface area contributed by atoms with Gasteiger partial charge in [-0.1, -0.05) is 19.4 Å². The molecule has 0 aromatic carbocycles. The van der Waals surface area contributed by atoms with E-state index in [0.717, 1.165) is 30.5 Å². The molecular formula is C12H18N2O2. The van der Waals surface area contributed by atoms with E-state index >= 15 is 0 Å². The average molecular weight is 222 g/mol. The monoisotopic (exact) mass is 222 g/mol. The van der Waals surface area contributed by atoms with Crippen LogP contribution < -0.4 is 5.32 Å². The zero-order valence-electron chi connectivity index (χ0n) is 10.0. The molecule has 1 heterocycles. The number of amides is 1. The molecular weight excluding hydrogens is 204 g/mol. The fourth-order valence-corrected chi connectivity index (χ4v) is 1.34. The molecule has 4 heteroatoms. The summed E-state index contributed by atoms with van der Waals surface area (Å²) in [5.74, 6) is -0.127. The maximum absolute atomic E-state index is 11.8. The number of unbranched alkanes of at least 4 members (excludes halogenated alkanes) is 1. The minimum Gasteiger partial charge on any atom is -0.432 e. The van der Waals surface area contributed by atoms with Gasteiger partial charge in [0.2, 0.25) is 0 Å². The van der Waals surface area contributed by atoms with E-state index in [1.807, 2.05) is 19.9 Å². The molecule has 1 N–H and O–H groups in total. The van der Waals surface area contributed by atoms with E-state index in [0.29, 0.717) is 0 Å². The second kappa shape index (κ2) is 6.10. The zero-order valence-corrected chi connectivity index (χ0v) is 10.0. The van der Waals surface area contributed by atoms with Gasteiger partial charge in [-0.05, 0) is 26.7 Å². The third-order valence-corrected chi connectivity index (χ3v) is 2.28. The number of anilines is 1. The van der Waals surface area contributed by atoms with Crippen LogP contribution in [0, 0.1) is 6.92 Å². The number of nitrogens with one attached hydrogen (secondary N) is 1. The highest BCUT2D eigenvalue weighted by molar-refractivity contribution is 6.02. The lowest BCUT2D eigenvalue weighted by Gasteiger charge is -2.04. The summed E-state index contributed by atoms with van der Waals surface area (Å²) >= 11 is 0. The second-order valence-corrected chi connectivity index (χ2v) is 3.67. The van der Waals surface area contributed by atoms with Crippen LogP contribution in [0.2, 0.25) is 0 Å². The molecule has 1 aromatic rings. The number of rotatable bonds is 5. The van der Waals surface area contributed by atoms with Gasteiger partial charge in [0.05, 0.1) is 5.69 Å². The molecule has 0 saturated heterocycles. The largest absolute Gasteiger partial charge is 0.432 e. The molecule has 0 bridgehead atoms. The van der Waals surface area contributed by atoms with E-state index in [2.05, 4.69) is 17.2 Å². The summed E-state index contributed by atoms with van der Waals surface area (Å²) in [6, 6.07) is 0.262. The highest BCUT2D eigenvalue weighted by Gasteiger charge is 2.10. The van der Waals surface area contributed by atoms with Crippen molar-refractivity contribution in [1.29, 1.82) is 0 Å². The Bertz CT molecular complexity index is 380. The Hall–Kier alpha value is -1.58. The molecule has 0 radical (unpaired) electrons. The molecule has 0 atom stereocenters. The fraction of sp³-hybridized carbons (Fsp3) is 0.500. The van der Waals surface area contributed by atoms with Crippen LogP contribution in [-0.2, 0) is 4.79 Å². The molecule has 1 amide bonds. The first-order valence-electron chi connectivity index (χ1n) is 5.56. The Labute approximate surface area is 95.8 Å². The van der Waals surface area contributed by atoms with Crippen molar-refractivity contribution in [3.63, 3.8) is 0 Å². The van der Waals surface area contributed by atoms with Gasteiger partial charge in [0.15, 0.2) is 0 Å². The average Bonchev–Trinajstić information content (AvgIpc) is 2.65. The first-order valence-corrected chi connectivity index (χ1v) is 5.56. The molecule has 16 heavy (non-hydrogen) atoms. The van der Waals surface area contributed by atoms with E-state index in [1.54, 1.807) is 0 Å². The fourth-order valence-electron chi connectivity index (χ4n) is 1.34. The van der Waals surface area contributed by atoms with Crippen LogP contribution in [0.1, 0.15) is 38.8 Å². The summed E-state index contributed by atoms with van der Waals surface area (Å²) in [5, 5.41) is 2.64. The number of aryl methyl sites for hydroxylation is 1. The maximum Gasteiger partial charge on any atom is 0.301 e. The van der Waals surface area contributed by atoms with Gasteiger partial charge in [0, 0.05) is 5.57 Å². The Morgan fingerprint density at radius 1 is 1.62 bits per heavy atom. The SMILES string of the molecule is CC=C(CCCC)C(=O)Nc1nc(C)co1. The smallest absolute Gasteiger partial charge is 0.301 e. The maximum atomic E-state index is 11.8. The van der Waals surface area contributed by atoms with E-state index in [9.17, 15) is 4.79 Å². The van der Waals surface area contributed by atoms with Gasteiger partial charge in [0.1, 0.15) is 6.26 Å². The molecule has 0 unspecified atom stereocenters. The lowest BCUT2D eigenvalue weighted by Crippen LogP contribution is -2.14. The molecule has 88 valence electrons. The number of aromatic nitrogens is 1. The Morgan fingerprint density at radius 2 is 2.38 bits per heavy atom. The predicted molar refractivity (Wildman–Crippen MR) is 63.2 cm³/mol. The van der Waals surface area contributed by atoms with Crippen molar-refractivity contribution in [3.05, 3.63) is 23.6 Å².